The Morgan fingerprint density at radius 1 is 0.950 bits per heavy atom. The lowest BCUT2D eigenvalue weighted by Gasteiger charge is -2.44. The van der Waals surface area contributed by atoms with Crippen molar-refractivity contribution in [1.29, 1.82) is 0 Å². The third-order valence-corrected chi connectivity index (χ3v) is 8.08. The third kappa shape index (κ3) is 5.39. The second kappa shape index (κ2) is 11.8. The lowest BCUT2D eigenvalue weighted by atomic mass is 9.84. The summed E-state index contributed by atoms with van der Waals surface area (Å²) in [7, 11) is 1.57. The molecule has 0 aliphatic carbocycles. The maximum atomic E-state index is 14.0. The molecular formula is C32H36N4O4. The van der Waals surface area contributed by atoms with Gasteiger partial charge in [0.25, 0.3) is 5.91 Å². The van der Waals surface area contributed by atoms with Gasteiger partial charge < -0.3 is 24.8 Å². The summed E-state index contributed by atoms with van der Waals surface area (Å²) in [6.07, 6.45) is 1.73. The highest BCUT2D eigenvalue weighted by atomic mass is 16.5. The fourth-order valence-corrected chi connectivity index (χ4v) is 5.95. The predicted octanol–water partition coefficient (Wildman–Crippen LogP) is 4.50. The van der Waals surface area contributed by atoms with Crippen LogP contribution in [0.2, 0.25) is 0 Å². The van der Waals surface area contributed by atoms with Crippen LogP contribution in [0.1, 0.15) is 37.7 Å². The van der Waals surface area contributed by atoms with E-state index in [4.69, 9.17) is 4.74 Å². The molecule has 2 heterocycles. The number of nitrogens with zero attached hydrogens (tertiary/aromatic N) is 3. The molecule has 3 amide bonds. The quantitative estimate of drug-likeness (QED) is 0.455. The number of hydrogen-bond donors (Lipinski definition) is 1. The van der Waals surface area contributed by atoms with E-state index in [1.165, 1.54) is 0 Å². The molecule has 1 atom stereocenters. The van der Waals surface area contributed by atoms with Gasteiger partial charge in [0, 0.05) is 30.5 Å². The van der Waals surface area contributed by atoms with Crippen LogP contribution in [0.15, 0.2) is 84.9 Å². The maximum absolute atomic E-state index is 14.0. The van der Waals surface area contributed by atoms with E-state index in [1.54, 1.807) is 36.3 Å². The van der Waals surface area contributed by atoms with E-state index in [0.29, 0.717) is 44.0 Å². The highest BCUT2D eigenvalue weighted by Gasteiger charge is 2.54. The van der Waals surface area contributed by atoms with Gasteiger partial charge in [-0.15, -0.1) is 0 Å². The van der Waals surface area contributed by atoms with Crippen LogP contribution in [0.5, 0.6) is 5.75 Å². The molecule has 0 radical (unpaired) electrons. The molecule has 0 saturated carbocycles. The van der Waals surface area contributed by atoms with Crippen LogP contribution in [0.3, 0.4) is 0 Å². The largest absolute Gasteiger partial charge is 0.497 e. The summed E-state index contributed by atoms with van der Waals surface area (Å²) in [5.41, 5.74) is 1.76. The van der Waals surface area contributed by atoms with Crippen LogP contribution < -0.4 is 15.0 Å². The van der Waals surface area contributed by atoms with Crippen molar-refractivity contribution in [2.45, 2.75) is 37.6 Å². The zero-order chi connectivity index (χ0) is 28.1. The Kier molecular flexibility index (Phi) is 8.05. The van der Waals surface area contributed by atoms with Crippen molar-refractivity contribution in [2.75, 3.05) is 43.6 Å². The van der Waals surface area contributed by atoms with Crippen LogP contribution in [0.25, 0.3) is 0 Å². The molecule has 8 nitrogen and oxygen atoms in total. The summed E-state index contributed by atoms with van der Waals surface area (Å²) in [6.45, 7) is 3.26. The maximum Gasteiger partial charge on any atom is 0.250 e. The Morgan fingerprint density at radius 3 is 2.27 bits per heavy atom. The van der Waals surface area contributed by atoms with Crippen molar-refractivity contribution in [2.24, 2.45) is 0 Å². The number of nitrogens with one attached hydrogen (secondary N) is 1. The summed E-state index contributed by atoms with van der Waals surface area (Å²) in [5.74, 6) is 0.210. The van der Waals surface area contributed by atoms with Crippen LogP contribution in [0, 0.1) is 0 Å². The van der Waals surface area contributed by atoms with Crippen molar-refractivity contribution in [3.05, 3.63) is 90.5 Å². The molecule has 1 spiro atoms. The Balaban J connectivity index is 1.32. The minimum Gasteiger partial charge on any atom is -0.497 e. The average molecular weight is 541 g/mol. The number of rotatable bonds is 8. The first-order valence-electron chi connectivity index (χ1n) is 13.8. The van der Waals surface area contributed by atoms with E-state index in [0.717, 1.165) is 17.7 Å². The Labute approximate surface area is 235 Å². The number of carbonyl (C=O) groups is 3. The zero-order valence-electron chi connectivity index (χ0n) is 23.1. The van der Waals surface area contributed by atoms with Crippen LogP contribution in [-0.2, 0) is 14.4 Å². The molecule has 0 aromatic heterocycles. The number of hydrogen-bond acceptors (Lipinski definition) is 5. The van der Waals surface area contributed by atoms with Gasteiger partial charge in [-0.25, -0.2) is 0 Å². The average Bonchev–Trinajstić information content (AvgIpc) is 3.25. The molecule has 2 saturated heterocycles. The first kappa shape index (κ1) is 27.2. The summed E-state index contributed by atoms with van der Waals surface area (Å²) in [6, 6.07) is 26.9. The van der Waals surface area contributed by atoms with Gasteiger partial charge in [-0.3, -0.25) is 14.4 Å². The molecule has 208 valence electrons. The lowest BCUT2D eigenvalue weighted by molar-refractivity contribution is -0.140. The molecule has 3 aromatic rings. The second-order valence-corrected chi connectivity index (χ2v) is 10.4. The summed E-state index contributed by atoms with van der Waals surface area (Å²) in [4.78, 5) is 46.2. The number of anilines is 2. The molecule has 5 rings (SSSR count). The molecule has 2 aliphatic heterocycles. The van der Waals surface area contributed by atoms with Crippen molar-refractivity contribution in [3.63, 3.8) is 0 Å². The monoisotopic (exact) mass is 540 g/mol. The minimum atomic E-state index is -0.803. The summed E-state index contributed by atoms with van der Waals surface area (Å²) >= 11 is 0. The van der Waals surface area contributed by atoms with E-state index in [9.17, 15) is 14.4 Å². The molecule has 2 fully saturated rings. The number of amides is 3. The predicted molar refractivity (Wildman–Crippen MR) is 155 cm³/mol. The Hall–Kier alpha value is -4.33. The fourth-order valence-electron chi connectivity index (χ4n) is 5.95. The molecule has 1 N–H and O–H groups in total. The van der Waals surface area contributed by atoms with Crippen molar-refractivity contribution in [1.82, 2.24) is 9.80 Å². The van der Waals surface area contributed by atoms with Gasteiger partial charge in [0.15, 0.2) is 0 Å². The van der Waals surface area contributed by atoms with Crippen LogP contribution in [0.4, 0.5) is 11.4 Å². The van der Waals surface area contributed by atoms with Gasteiger partial charge >= 0.3 is 0 Å². The van der Waals surface area contributed by atoms with Crippen LogP contribution >= 0.6 is 0 Å². The van der Waals surface area contributed by atoms with E-state index in [-0.39, 0.29) is 30.2 Å². The molecule has 8 heteroatoms. The number of carbonyl (C=O) groups excluding carboxylic acids is 3. The van der Waals surface area contributed by atoms with Gasteiger partial charge in [0.2, 0.25) is 11.8 Å². The molecule has 3 aromatic carbocycles. The first-order chi connectivity index (χ1) is 19.4. The third-order valence-electron chi connectivity index (χ3n) is 8.08. The molecule has 40 heavy (non-hydrogen) atoms. The SMILES string of the molecule is CC[C@@H](C(=O)N1CCC2(CC1)C(=O)N(CC(=O)Nc1cccc(OC)c1)CN2c1ccccc1)c1ccccc1. The second-order valence-electron chi connectivity index (χ2n) is 10.4. The van der Waals surface area contributed by atoms with E-state index >= 15 is 0 Å². The number of benzene rings is 3. The fraction of sp³-hybridized carbons (Fsp3) is 0.344. The van der Waals surface area contributed by atoms with Gasteiger partial charge in [0.05, 0.1) is 19.7 Å². The molecule has 0 unspecified atom stereocenters. The Morgan fingerprint density at radius 2 is 1.62 bits per heavy atom. The highest BCUT2D eigenvalue weighted by molar-refractivity contribution is 5.99. The molecule has 0 bridgehead atoms. The van der Waals surface area contributed by atoms with Crippen LogP contribution in [-0.4, -0.2) is 66.5 Å². The number of piperidine rings is 1. The topological polar surface area (TPSA) is 82.2 Å². The van der Waals surface area contributed by atoms with Gasteiger partial charge in [-0.1, -0.05) is 61.5 Å². The molecular weight excluding hydrogens is 504 g/mol. The summed E-state index contributed by atoms with van der Waals surface area (Å²) < 4.78 is 5.25. The van der Waals surface area contributed by atoms with Crippen molar-refractivity contribution in [3.8, 4) is 5.75 Å². The normalized spacial score (nSPS) is 17.1. The van der Waals surface area contributed by atoms with E-state index < -0.39 is 5.54 Å². The Bertz CT molecular complexity index is 1340. The van der Waals surface area contributed by atoms with Crippen molar-refractivity contribution >= 4 is 29.1 Å². The lowest BCUT2D eigenvalue weighted by Crippen LogP contribution is -2.57. The number of para-hydroxylation sites is 1. The van der Waals surface area contributed by atoms with Crippen molar-refractivity contribution < 1.29 is 19.1 Å². The van der Waals surface area contributed by atoms with E-state index in [2.05, 4.69) is 10.2 Å². The summed E-state index contributed by atoms with van der Waals surface area (Å²) in [5, 5.41) is 2.88. The van der Waals surface area contributed by atoms with Gasteiger partial charge in [-0.05, 0) is 49.1 Å². The highest BCUT2D eigenvalue weighted by Crippen LogP contribution is 2.40. The number of ether oxygens (including phenoxy) is 1. The van der Waals surface area contributed by atoms with E-state index in [1.807, 2.05) is 72.5 Å². The van der Waals surface area contributed by atoms with Gasteiger partial charge in [-0.2, -0.15) is 0 Å². The zero-order valence-corrected chi connectivity index (χ0v) is 23.1. The smallest absolute Gasteiger partial charge is 0.250 e. The standard InChI is InChI=1S/C32H36N4O4/c1-3-28(24-11-6-4-7-12-24)30(38)34-19-17-32(18-20-34)31(39)35(23-36(32)26-14-8-5-9-15-26)22-29(37)33-25-13-10-16-27(21-25)40-2/h4-16,21,28H,3,17-20,22-23H2,1-2H3,(H,33,37)/t28-/m1/s1. The number of likely N-dealkylation sites (tertiary alicyclic amines) is 1. The first-order valence-corrected chi connectivity index (χ1v) is 13.8. The number of methoxy groups -OCH3 is 1. The van der Waals surface area contributed by atoms with Gasteiger partial charge in [0.1, 0.15) is 17.8 Å². The minimum absolute atomic E-state index is 0.0598. The molecule has 2 aliphatic rings.